The number of benzene rings is 1. The second-order valence-electron chi connectivity index (χ2n) is 7.99. The smallest absolute Gasteiger partial charge is 0.416 e. The molecule has 1 aromatic carbocycles. The molecule has 4 rings (SSSR count). The Bertz CT molecular complexity index is 1060. The molecule has 0 saturated carbocycles. The first-order valence-corrected chi connectivity index (χ1v) is 11.5. The van der Waals surface area contributed by atoms with Crippen molar-refractivity contribution in [3.63, 3.8) is 0 Å². The number of carboxylic acids is 1. The molecule has 6 nitrogen and oxygen atoms in total. The number of nitrogens with zero attached hydrogens (tertiary/aromatic N) is 2. The van der Waals surface area contributed by atoms with Gasteiger partial charge in [-0.3, -0.25) is 9.69 Å². The van der Waals surface area contributed by atoms with E-state index >= 15 is 0 Å². The van der Waals surface area contributed by atoms with Crippen LogP contribution in [0.1, 0.15) is 23.4 Å². The van der Waals surface area contributed by atoms with E-state index in [4.69, 9.17) is 9.15 Å². The van der Waals surface area contributed by atoms with Crippen molar-refractivity contribution in [2.75, 3.05) is 18.2 Å². The first kappa shape index (κ1) is 23.4. The molecule has 33 heavy (non-hydrogen) atoms. The highest BCUT2D eigenvalue weighted by Crippen LogP contribution is 2.32. The van der Waals surface area contributed by atoms with E-state index in [0.29, 0.717) is 41.6 Å². The summed E-state index contributed by atoms with van der Waals surface area (Å²) in [5.74, 6) is 2.18. The molecule has 1 aliphatic heterocycles. The molecule has 0 bridgehead atoms. The number of halogens is 3. The molecule has 0 radical (unpaired) electrons. The van der Waals surface area contributed by atoms with E-state index in [9.17, 15) is 23.1 Å². The fourth-order valence-corrected chi connectivity index (χ4v) is 4.98. The summed E-state index contributed by atoms with van der Waals surface area (Å²) in [7, 11) is 0. The zero-order valence-corrected chi connectivity index (χ0v) is 18.7. The summed E-state index contributed by atoms with van der Waals surface area (Å²) in [6.45, 7) is 2.54. The normalized spacial score (nSPS) is 21.3. The first-order valence-electron chi connectivity index (χ1n) is 10.4. The van der Waals surface area contributed by atoms with Crippen LogP contribution in [0.15, 0.2) is 52.7 Å². The Morgan fingerprint density at radius 1 is 1.33 bits per heavy atom. The van der Waals surface area contributed by atoms with E-state index in [1.807, 2.05) is 17.1 Å². The van der Waals surface area contributed by atoms with Crippen molar-refractivity contribution in [2.24, 2.45) is 5.92 Å². The Hall–Kier alpha value is -2.72. The molecule has 10 heteroatoms. The lowest BCUT2D eigenvalue weighted by atomic mass is 9.98. The number of ether oxygens (including phenoxy) is 1. The van der Waals surface area contributed by atoms with Crippen LogP contribution in [-0.4, -0.2) is 45.2 Å². The molecule has 2 heterocycles. The number of alkyl halides is 3. The molecule has 0 amide bonds. The van der Waals surface area contributed by atoms with Crippen molar-refractivity contribution in [1.29, 1.82) is 0 Å². The van der Waals surface area contributed by atoms with E-state index < -0.39 is 23.8 Å². The first-order chi connectivity index (χ1) is 15.7. The topological polar surface area (TPSA) is 75.8 Å². The Morgan fingerprint density at radius 3 is 2.79 bits per heavy atom. The van der Waals surface area contributed by atoms with Gasteiger partial charge >= 0.3 is 12.1 Å². The van der Waals surface area contributed by atoms with E-state index in [1.165, 1.54) is 12.1 Å². The number of carbonyl (C=O) groups is 1. The number of rotatable bonds is 7. The highest BCUT2D eigenvalue weighted by atomic mass is 32.2. The highest BCUT2D eigenvalue weighted by Gasteiger charge is 2.33. The molecule has 2 aliphatic rings. The van der Waals surface area contributed by atoms with Crippen LogP contribution in [0, 0.1) is 12.8 Å². The quantitative estimate of drug-likeness (QED) is 0.591. The Morgan fingerprint density at radius 2 is 2.09 bits per heavy atom. The van der Waals surface area contributed by atoms with Crippen molar-refractivity contribution in [2.45, 2.75) is 32.2 Å². The molecular formula is C23H23F3N2O4S. The van der Waals surface area contributed by atoms with Crippen LogP contribution in [0.3, 0.4) is 0 Å². The summed E-state index contributed by atoms with van der Waals surface area (Å²) in [4.78, 5) is 17.8. The molecule has 1 aliphatic carbocycles. The molecule has 176 valence electrons. The van der Waals surface area contributed by atoms with Crippen molar-refractivity contribution >= 4 is 17.7 Å². The summed E-state index contributed by atoms with van der Waals surface area (Å²) in [6.07, 6.45) is 2.08. The van der Waals surface area contributed by atoms with Crippen LogP contribution in [-0.2, 0) is 22.3 Å². The molecule has 1 N–H and O–H groups in total. The SMILES string of the molecule is Cc1oc(-c2ccc(C(F)(F)F)cc2)nc1COC1=CC=CC(CN2CSC[C@H]2C(=O)O)C1. The van der Waals surface area contributed by atoms with E-state index in [1.54, 1.807) is 18.7 Å². The van der Waals surface area contributed by atoms with Gasteiger partial charge in [-0.2, -0.15) is 13.2 Å². The molecule has 2 atom stereocenters. The number of aromatic nitrogens is 1. The van der Waals surface area contributed by atoms with Gasteiger partial charge in [0.05, 0.1) is 11.3 Å². The van der Waals surface area contributed by atoms with Crippen LogP contribution in [0.5, 0.6) is 0 Å². The van der Waals surface area contributed by atoms with Crippen molar-refractivity contribution in [3.05, 3.63) is 65.3 Å². The van der Waals surface area contributed by atoms with Crippen LogP contribution >= 0.6 is 11.8 Å². The zero-order valence-electron chi connectivity index (χ0n) is 17.8. The predicted octanol–water partition coefficient (Wildman–Crippen LogP) is 5.10. The summed E-state index contributed by atoms with van der Waals surface area (Å²) in [5.41, 5.74) is 0.291. The Balaban J connectivity index is 1.35. The summed E-state index contributed by atoms with van der Waals surface area (Å²) >= 11 is 1.62. The molecule has 1 saturated heterocycles. The third kappa shape index (κ3) is 5.62. The summed E-state index contributed by atoms with van der Waals surface area (Å²) in [5, 5.41) is 9.36. The lowest BCUT2D eigenvalue weighted by Crippen LogP contribution is -2.40. The number of allylic oxidation sites excluding steroid dienone is 3. The minimum absolute atomic E-state index is 0.145. The van der Waals surface area contributed by atoms with Crippen molar-refractivity contribution in [3.8, 4) is 11.5 Å². The minimum atomic E-state index is -4.40. The maximum Gasteiger partial charge on any atom is 0.416 e. The number of hydrogen-bond acceptors (Lipinski definition) is 6. The van der Waals surface area contributed by atoms with Crippen LogP contribution in [0.4, 0.5) is 13.2 Å². The van der Waals surface area contributed by atoms with Gasteiger partial charge in [-0.05, 0) is 43.2 Å². The van der Waals surface area contributed by atoms with Crippen LogP contribution in [0.2, 0.25) is 0 Å². The fourth-order valence-electron chi connectivity index (χ4n) is 3.78. The minimum Gasteiger partial charge on any atom is -0.491 e. The maximum absolute atomic E-state index is 12.8. The van der Waals surface area contributed by atoms with E-state index in [0.717, 1.165) is 17.9 Å². The number of oxazole rings is 1. The van der Waals surface area contributed by atoms with Gasteiger partial charge in [0.1, 0.15) is 24.1 Å². The molecule has 0 spiro atoms. The van der Waals surface area contributed by atoms with Gasteiger partial charge in [-0.15, -0.1) is 11.8 Å². The summed E-state index contributed by atoms with van der Waals surface area (Å²) < 4.78 is 49.9. The van der Waals surface area contributed by atoms with Gasteiger partial charge in [-0.1, -0.05) is 12.2 Å². The lowest BCUT2D eigenvalue weighted by molar-refractivity contribution is -0.142. The molecule has 1 unspecified atom stereocenters. The molecular weight excluding hydrogens is 457 g/mol. The predicted molar refractivity (Wildman–Crippen MR) is 117 cm³/mol. The number of carboxylic acid groups (broad SMARTS) is 1. The van der Waals surface area contributed by atoms with Crippen molar-refractivity contribution < 1.29 is 32.2 Å². The van der Waals surface area contributed by atoms with E-state index in [2.05, 4.69) is 11.1 Å². The van der Waals surface area contributed by atoms with Gasteiger partial charge in [0, 0.05) is 30.2 Å². The van der Waals surface area contributed by atoms with Gasteiger partial charge in [0.2, 0.25) is 5.89 Å². The summed E-state index contributed by atoms with van der Waals surface area (Å²) in [6, 6.07) is 4.20. The third-order valence-electron chi connectivity index (χ3n) is 5.60. The number of thioether (sulfide) groups is 1. The maximum atomic E-state index is 12.8. The average molecular weight is 481 g/mol. The van der Waals surface area contributed by atoms with Crippen LogP contribution < -0.4 is 0 Å². The van der Waals surface area contributed by atoms with Crippen molar-refractivity contribution in [1.82, 2.24) is 9.88 Å². The van der Waals surface area contributed by atoms with Gasteiger partial charge in [0.15, 0.2) is 0 Å². The fraction of sp³-hybridized carbons (Fsp3) is 0.391. The van der Waals surface area contributed by atoms with E-state index in [-0.39, 0.29) is 18.4 Å². The standard InChI is InChI=1S/C23H23F3N2O4S/c1-14-19(27-21(32-14)16-5-7-17(8-6-16)23(24,25)26)11-31-18-4-2-3-15(9-18)10-28-13-33-12-20(28)22(29)30/h2-8,15,20H,9-13H2,1H3,(H,29,30)/t15?,20-/m0/s1. The molecule has 2 aromatic rings. The number of aliphatic carboxylic acids is 1. The number of hydrogen-bond donors (Lipinski definition) is 1. The highest BCUT2D eigenvalue weighted by molar-refractivity contribution is 7.99. The zero-order chi connectivity index (χ0) is 23.6. The Labute approximate surface area is 193 Å². The van der Waals surface area contributed by atoms with Gasteiger partial charge < -0.3 is 14.3 Å². The van der Waals surface area contributed by atoms with Gasteiger partial charge in [0.25, 0.3) is 0 Å². The third-order valence-corrected chi connectivity index (χ3v) is 6.67. The molecule has 1 fully saturated rings. The lowest BCUT2D eigenvalue weighted by Gasteiger charge is -2.26. The largest absolute Gasteiger partial charge is 0.491 e. The molecule has 1 aromatic heterocycles. The second kappa shape index (κ2) is 9.64. The number of aryl methyl sites for hydroxylation is 1. The van der Waals surface area contributed by atoms with Gasteiger partial charge in [-0.25, -0.2) is 4.98 Å². The van der Waals surface area contributed by atoms with Crippen LogP contribution in [0.25, 0.3) is 11.5 Å². The second-order valence-corrected chi connectivity index (χ2v) is 8.99. The average Bonchev–Trinajstić information content (AvgIpc) is 3.38. The Kier molecular flexibility index (Phi) is 6.85. The monoisotopic (exact) mass is 480 g/mol.